The number of thiocarbonyl (C=S) groups is 1. The Morgan fingerprint density at radius 2 is 2.00 bits per heavy atom. The minimum absolute atomic E-state index is 0.166. The summed E-state index contributed by atoms with van der Waals surface area (Å²) in [5.41, 5.74) is 3.44. The summed E-state index contributed by atoms with van der Waals surface area (Å²) in [6, 6.07) is 13.6. The number of hydrogen-bond donors (Lipinski definition) is 2. The molecule has 2 aromatic carbocycles. The van der Waals surface area contributed by atoms with Crippen molar-refractivity contribution < 1.29 is 9.84 Å². The van der Waals surface area contributed by atoms with Gasteiger partial charge in [0.2, 0.25) is 0 Å². The third-order valence-electron chi connectivity index (χ3n) is 5.94. The van der Waals surface area contributed by atoms with E-state index in [-0.39, 0.29) is 17.3 Å². The molecule has 0 saturated heterocycles. The first-order valence-corrected chi connectivity index (χ1v) is 9.85. The lowest BCUT2D eigenvalue weighted by Gasteiger charge is -2.48. The molecular formula is C23H25NO2S. The van der Waals surface area contributed by atoms with Gasteiger partial charge in [0.05, 0.1) is 5.56 Å². The van der Waals surface area contributed by atoms with Crippen molar-refractivity contribution in [3.63, 3.8) is 0 Å². The van der Waals surface area contributed by atoms with E-state index in [1.54, 1.807) is 0 Å². The van der Waals surface area contributed by atoms with Crippen molar-refractivity contribution in [2.75, 3.05) is 5.32 Å². The zero-order chi connectivity index (χ0) is 19.2. The monoisotopic (exact) mass is 379 g/mol. The zero-order valence-corrected chi connectivity index (χ0v) is 16.6. The van der Waals surface area contributed by atoms with Crippen LogP contribution < -0.4 is 10.1 Å². The predicted molar refractivity (Wildman–Crippen MR) is 114 cm³/mol. The zero-order valence-electron chi connectivity index (χ0n) is 15.8. The highest BCUT2D eigenvalue weighted by molar-refractivity contribution is 7.81. The molecule has 2 aliphatic rings. The maximum Gasteiger partial charge on any atom is 0.132 e. The molecule has 1 unspecified atom stereocenters. The van der Waals surface area contributed by atoms with Gasteiger partial charge >= 0.3 is 0 Å². The Bertz CT molecular complexity index is 908. The maximum atomic E-state index is 11.1. The van der Waals surface area contributed by atoms with E-state index in [4.69, 9.17) is 17.0 Å². The number of para-hydroxylation sites is 1. The Morgan fingerprint density at radius 1 is 1.26 bits per heavy atom. The van der Waals surface area contributed by atoms with Crippen LogP contribution in [0.4, 0.5) is 5.69 Å². The molecular weight excluding hydrogens is 354 g/mol. The quantitative estimate of drug-likeness (QED) is 0.523. The van der Waals surface area contributed by atoms with Gasteiger partial charge in [-0.1, -0.05) is 42.6 Å². The van der Waals surface area contributed by atoms with E-state index in [2.05, 4.69) is 25.7 Å². The molecule has 1 heterocycles. The van der Waals surface area contributed by atoms with Gasteiger partial charge in [0.25, 0.3) is 0 Å². The Hall–Kier alpha value is -2.33. The van der Waals surface area contributed by atoms with Gasteiger partial charge in [0, 0.05) is 17.2 Å². The normalized spacial score (nSPS) is 25.9. The van der Waals surface area contributed by atoms with E-state index < -0.39 is 0 Å². The Labute approximate surface area is 166 Å². The maximum absolute atomic E-state index is 11.1. The lowest BCUT2D eigenvalue weighted by Crippen LogP contribution is -2.44. The van der Waals surface area contributed by atoms with Gasteiger partial charge < -0.3 is 15.2 Å². The van der Waals surface area contributed by atoms with Crippen molar-refractivity contribution in [3.05, 3.63) is 65.7 Å². The molecule has 4 heteroatoms. The Kier molecular flexibility index (Phi) is 4.47. The summed E-state index contributed by atoms with van der Waals surface area (Å²) in [5, 5.41) is 14.4. The third kappa shape index (κ3) is 3.23. The van der Waals surface area contributed by atoms with Crippen LogP contribution in [-0.4, -0.2) is 15.7 Å². The lowest BCUT2D eigenvalue weighted by molar-refractivity contribution is 0.00637. The van der Waals surface area contributed by atoms with Crippen LogP contribution in [0.1, 0.15) is 50.2 Å². The molecule has 140 valence electrons. The number of aromatic hydroxyl groups is 1. The van der Waals surface area contributed by atoms with Gasteiger partial charge in [0.15, 0.2) is 0 Å². The fourth-order valence-electron chi connectivity index (χ4n) is 4.56. The predicted octanol–water partition coefficient (Wildman–Crippen LogP) is 5.79. The number of hydrogen-bond acceptors (Lipinski definition) is 3. The van der Waals surface area contributed by atoms with Crippen molar-refractivity contribution >= 4 is 22.9 Å². The number of allylic oxidation sites excluding steroid dienone is 1. The molecule has 2 bridgehead atoms. The van der Waals surface area contributed by atoms with Crippen LogP contribution in [0.25, 0.3) is 0 Å². The van der Waals surface area contributed by atoms with Crippen molar-refractivity contribution in [1.29, 1.82) is 0 Å². The molecule has 0 amide bonds. The van der Waals surface area contributed by atoms with Crippen molar-refractivity contribution in [2.45, 2.75) is 44.6 Å². The largest absolute Gasteiger partial charge is 0.507 e. The lowest BCUT2D eigenvalue weighted by atomic mass is 9.65. The minimum atomic E-state index is -0.166. The average molecular weight is 380 g/mol. The summed E-state index contributed by atoms with van der Waals surface area (Å²) in [6.07, 6.45) is 2.94. The SMILES string of the molecule is C=C(C)C1CC[C@@]2(C)C[C@@H]1c1c(ccc(C(=S)Nc3ccccc3)c1O)O2. The Morgan fingerprint density at radius 3 is 2.70 bits per heavy atom. The van der Waals surface area contributed by atoms with E-state index in [0.717, 1.165) is 36.3 Å². The number of phenolic OH excluding ortho intramolecular Hbond substituents is 1. The number of rotatable bonds is 3. The smallest absolute Gasteiger partial charge is 0.132 e. The molecule has 0 aromatic heterocycles. The fourth-order valence-corrected chi connectivity index (χ4v) is 4.85. The van der Waals surface area contributed by atoms with Crippen molar-refractivity contribution in [3.8, 4) is 11.5 Å². The van der Waals surface area contributed by atoms with Crippen molar-refractivity contribution in [2.24, 2.45) is 5.92 Å². The van der Waals surface area contributed by atoms with Crippen LogP contribution in [-0.2, 0) is 0 Å². The molecule has 1 aliphatic carbocycles. The van der Waals surface area contributed by atoms with E-state index in [9.17, 15) is 5.11 Å². The van der Waals surface area contributed by atoms with Crippen molar-refractivity contribution in [1.82, 2.24) is 0 Å². The van der Waals surface area contributed by atoms with Crippen LogP contribution in [0.2, 0.25) is 0 Å². The average Bonchev–Trinajstić information content (AvgIpc) is 2.61. The summed E-state index contributed by atoms with van der Waals surface area (Å²) in [7, 11) is 0. The van der Waals surface area contributed by atoms with Gasteiger partial charge in [-0.2, -0.15) is 0 Å². The molecule has 0 spiro atoms. The van der Waals surface area contributed by atoms with E-state index >= 15 is 0 Å². The van der Waals surface area contributed by atoms with Gasteiger partial charge in [0.1, 0.15) is 22.1 Å². The summed E-state index contributed by atoms with van der Waals surface area (Å²) < 4.78 is 6.30. The first-order chi connectivity index (χ1) is 12.9. The number of fused-ring (bicyclic) bond motifs is 4. The Balaban J connectivity index is 1.73. The molecule has 1 saturated carbocycles. The number of benzene rings is 2. The van der Waals surface area contributed by atoms with E-state index in [0.29, 0.717) is 16.5 Å². The number of anilines is 1. The summed E-state index contributed by atoms with van der Waals surface area (Å²) in [4.78, 5) is 0.512. The van der Waals surface area contributed by atoms with Crippen LogP contribution in [0.3, 0.4) is 0 Å². The van der Waals surface area contributed by atoms with E-state index in [1.807, 2.05) is 42.5 Å². The van der Waals surface area contributed by atoms with Gasteiger partial charge in [-0.3, -0.25) is 0 Å². The molecule has 3 atom stereocenters. The molecule has 4 rings (SSSR count). The highest BCUT2D eigenvalue weighted by Gasteiger charge is 2.46. The molecule has 2 aromatic rings. The van der Waals surface area contributed by atoms with Gasteiger partial charge in [-0.25, -0.2) is 0 Å². The second kappa shape index (κ2) is 6.68. The number of phenols is 1. The molecule has 3 nitrogen and oxygen atoms in total. The first kappa shape index (κ1) is 18.1. The second-order valence-electron chi connectivity index (χ2n) is 8.05. The minimum Gasteiger partial charge on any atom is -0.507 e. The molecule has 27 heavy (non-hydrogen) atoms. The molecule has 0 radical (unpaired) electrons. The molecule has 1 aliphatic heterocycles. The first-order valence-electron chi connectivity index (χ1n) is 9.45. The number of nitrogens with one attached hydrogen (secondary N) is 1. The third-order valence-corrected chi connectivity index (χ3v) is 6.26. The molecule has 2 N–H and O–H groups in total. The van der Waals surface area contributed by atoms with Crippen LogP contribution in [0.5, 0.6) is 11.5 Å². The summed E-state index contributed by atoms with van der Waals surface area (Å²) >= 11 is 5.58. The number of ether oxygens (including phenoxy) is 1. The van der Waals surface area contributed by atoms with Crippen LogP contribution >= 0.6 is 12.2 Å². The van der Waals surface area contributed by atoms with E-state index in [1.165, 1.54) is 5.57 Å². The standard InChI is InChI=1S/C23H25NO2S/c1-14(2)16-11-12-23(3)13-18(16)20-19(26-23)10-9-17(21(20)25)22(27)24-15-7-5-4-6-8-15/h4-10,16,18,25H,1,11-13H2,2-3H3,(H,24,27)/t16?,18-,23-/m0/s1. The highest BCUT2D eigenvalue weighted by Crippen LogP contribution is 2.55. The second-order valence-corrected chi connectivity index (χ2v) is 8.46. The summed E-state index contributed by atoms with van der Waals surface area (Å²) in [5.74, 6) is 1.59. The molecule has 1 fully saturated rings. The van der Waals surface area contributed by atoms with Gasteiger partial charge in [-0.05, 0) is 63.3 Å². The topological polar surface area (TPSA) is 41.5 Å². The van der Waals surface area contributed by atoms with Crippen LogP contribution in [0.15, 0.2) is 54.6 Å². The fraction of sp³-hybridized carbons (Fsp3) is 0.348. The van der Waals surface area contributed by atoms with Crippen LogP contribution in [0, 0.1) is 5.92 Å². The summed E-state index contributed by atoms with van der Waals surface area (Å²) in [6.45, 7) is 8.46. The highest BCUT2D eigenvalue weighted by atomic mass is 32.1. The van der Waals surface area contributed by atoms with Gasteiger partial charge in [-0.15, -0.1) is 0 Å².